The molecule has 0 saturated heterocycles. The highest BCUT2D eigenvalue weighted by Gasteiger charge is 2.10. The van der Waals surface area contributed by atoms with E-state index in [4.69, 9.17) is 10.5 Å². The van der Waals surface area contributed by atoms with Crippen molar-refractivity contribution in [2.45, 2.75) is 19.5 Å². The van der Waals surface area contributed by atoms with Gasteiger partial charge < -0.3 is 15.2 Å². The molecule has 0 fully saturated rings. The van der Waals surface area contributed by atoms with Crippen molar-refractivity contribution in [2.75, 3.05) is 13.7 Å². The van der Waals surface area contributed by atoms with Crippen LogP contribution in [-0.2, 0) is 6.42 Å². The molecular formula is C11H15F2NO2. The average molecular weight is 231 g/mol. The maximum Gasteiger partial charge on any atom is 0.387 e. The van der Waals surface area contributed by atoms with Crippen LogP contribution in [0.3, 0.4) is 0 Å². The summed E-state index contributed by atoms with van der Waals surface area (Å²) in [4.78, 5) is 0. The topological polar surface area (TPSA) is 44.5 Å². The lowest BCUT2D eigenvalue weighted by Gasteiger charge is -2.11. The molecule has 90 valence electrons. The predicted octanol–water partition coefficient (Wildman–Crippen LogP) is 2.19. The summed E-state index contributed by atoms with van der Waals surface area (Å²) in [5.74, 6) is 0.365. The molecule has 5 heteroatoms. The van der Waals surface area contributed by atoms with Gasteiger partial charge in [0, 0.05) is 0 Å². The zero-order valence-corrected chi connectivity index (χ0v) is 9.08. The Morgan fingerprint density at radius 1 is 1.31 bits per heavy atom. The van der Waals surface area contributed by atoms with Crippen LogP contribution in [0.2, 0.25) is 0 Å². The molecule has 3 nitrogen and oxygen atoms in total. The lowest BCUT2D eigenvalue weighted by atomic mass is 10.1. The van der Waals surface area contributed by atoms with Gasteiger partial charge in [0.1, 0.15) is 0 Å². The molecule has 16 heavy (non-hydrogen) atoms. The van der Waals surface area contributed by atoms with Gasteiger partial charge in [-0.1, -0.05) is 6.07 Å². The highest BCUT2D eigenvalue weighted by atomic mass is 19.3. The van der Waals surface area contributed by atoms with E-state index in [1.54, 1.807) is 12.1 Å². The van der Waals surface area contributed by atoms with E-state index in [0.717, 1.165) is 18.4 Å². The van der Waals surface area contributed by atoms with E-state index in [9.17, 15) is 8.78 Å². The minimum atomic E-state index is -2.85. The van der Waals surface area contributed by atoms with Gasteiger partial charge >= 0.3 is 6.61 Å². The Labute approximate surface area is 93.2 Å². The van der Waals surface area contributed by atoms with Crippen LogP contribution in [0.25, 0.3) is 0 Å². The third-order valence-corrected chi connectivity index (χ3v) is 2.11. The minimum Gasteiger partial charge on any atom is -0.493 e. The average Bonchev–Trinajstić information content (AvgIpc) is 2.26. The van der Waals surface area contributed by atoms with E-state index in [2.05, 4.69) is 4.74 Å². The molecule has 0 heterocycles. The number of alkyl halides is 2. The number of aryl methyl sites for hydroxylation is 1. The van der Waals surface area contributed by atoms with Crippen LogP contribution >= 0.6 is 0 Å². The Morgan fingerprint density at radius 2 is 2.06 bits per heavy atom. The second kappa shape index (κ2) is 6.27. The van der Waals surface area contributed by atoms with Gasteiger partial charge in [-0.2, -0.15) is 8.78 Å². The summed E-state index contributed by atoms with van der Waals surface area (Å²) in [6, 6.07) is 4.98. The summed E-state index contributed by atoms with van der Waals surface area (Å²) in [7, 11) is 1.41. The molecule has 0 atom stereocenters. The van der Waals surface area contributed by atoms with Gasteiger partial charge in [-0.25, -0.2) is 0 Å². The Hall–Kier alpha value is -1.36. The summed E-state index contributed by atoms with van der Waals surface area (Å²) >= 11 is 0. The fourth-order valence-electron chi connectivity index (χ4n) is 1.37. The largest absolute Gasteiger partial charge is 0.493 e. The molecule has 0 radical (unpaired) electrons. The lowest BCUT2D eigenvalue weighted by molar-refractivity contribution is -0.0512. The maximum absolute atomic E-state index is 12.1. The molecule has 0 saturated carbocycles. The molecule has 0 unspecified atom stereocenters. The Balaban J connectivity index is 2.83. The molecule has 1 aromatic carbocycles. The zero-order valence-electron chi connectivity index (χ0n) is 9.08. The highest BCUT2D eigenvalue weighted by Crippen LogP contribution is 2.29. The van der Waals surface area contributed by atoms with Gasteiger partial charge in [0.2, 0.25) is 0 Å². The van der Waals surface area contributed by atoms with Crippen LogP contribution in [0.1, 0.15) is 12.0 Å². The van der Waals surface area contributed by atoms with Crippen LogP contribution in [0.15, 0.2) is 18.2 Å². The van der Waals surface area contributed by atoms with E-state index in [1.807, 2.05) is 6.07 Å². The van der Waals surface area contributed by atoms with Crippen molar-refractivity contribution in [3.8, 4) is 11.5 Å². The molecule has 0 aromatic heterocycles. The van der Waals surface area contributed by atoms with Gasteiger partial charge in [-0.3, -0.25) is 0 Å². The summed E-state index contributed by atoms with van der Waals surface area (Å²) in [5, 5.41) is 0. The van der Waals surface area contributed by atoms with Crippen molar-refractivity contribution < 1.29 is 18.3 Å². The quantitative estimate of drug-likeness (QED) is 0.816. The number of methoxy groups -OCH3 is 1. The first-order valence-electron chi connectivity index (χ1n) is 4.99. The van der Waals surface area contributed by atoms with E-state index in [0.29, 0.717) is 12.3 Å². The molecular weight excluding hydrogens is 216 g/mol. The lowest BCUT2D eigenvalue weighted by Crippen LogP contribution is -2.05. The molecule has 0 amide bonds. The molecule has 2 N–H and O–H groups in total. The fraction of sp³-hybridized carbons (Fsp3) is 0.455. The predicted molar refractivity (Wildman–Crippen MR) is 57.0 cm³/mol. The van der Waals surface area contributed by atoms with Crippen LogP contribution in [0.5, 0.6) is 11.5 Å². The first-order chi connectivity index (χ1) is 7.67. The molecule has 0 spiro atoms. The van der Waals surface area contributed by atoms with Crippen molar-refractivity contribution in [1.82, 2.24) is 0 Å². The van der Waals surface area contributed by atoms with Crippen molar-refractivity contribution in [1.29, 1.82) is 0 Å². The molecule has 0 aliphatic rings. The van der Waals surface area contributed by atoms with Crippen LogP contribution < -0.4 is 15.2 Å². The van der Waals surface area contributed by atoms with Crippen LogP contribution in [-0.4, -0.2) is 20.3 Å². The summed E-state index contributed by atoms with van der Waals surface area (Å²) in [6.45, 7) is -2.28. The fourth-order valence-corrected chi connectivity index (χ4v) is 1.37. The van der Waals surface area contributed by atoms with Crippen molar-refractivity contribution in [3.63, 3.8) is 0 Å². The summed E-state index contributed by atoms with van der Waals surface area (Å²) < 4.78 is 33.5. The molecule has 0 bridgehead atoms. The first-order valence-corrected chi connectivity index (χ1v) is 4.99. The Kier molecular flexibility index (Phi) is 4.98. The van der Waals surface area contributed by atoms with Crippen molar-refractivity contribution >= 4 is 0 Å². The minimum absolute atomic E-state index is 0.0621. The maximum atomic E-state index is 12.1. The summed E-state index contributed by atoms with van der Waals surface area (Å²) in [6.07, 6.45) is 1.54. The third-order valence-electron chi connectivity index (χ3n) is 2.11. The smallest absolute Gasteiger partial charge is 0.387 e. The van der Waals surface area contributed by atoms with Crippen LogP contribution in [0.4, 0.5) is 8.78 Å². The van der Waals surface area contributed by atoms with Crippen LogP contribution in [0, 0.1) is 0 Å². The molecule has 1 rings (SSSR count). The van der Waals surface area contributed by atoms with Gasteiger partial charge in [0.25, 0.3) is 0 Å². The number of benzene rings is 1. The second-order valence-corrected chi connectivity index (χ2v) is 3.26. The number of ether oxygens (including phenoxy) is 2. The van der Waals surface area contributed by atoms with Gasteiger partial charge in [0.05, 0.1) is 7.11 Å². The second-order valence-electron chi connectivity index (χ2n) is 3.26. The standard InChI is InChI=1S/C11H15F2NO2/c1-15-9-5-4-8(3-2-6-14)7-10(9)16-11(12)13/h4-5,7,11H,2-3,6,14H2,1H3. The number of hydrogen-bond acceptors (Lipinski definition) is 3. The number of hydrogen-bond donors (Lipinski definition) is 1. The molecule has 0 aliphatic heterocycles. The van der Waals surface area contributed by atoms with E-state index in [-0.39, 0.29) is 5.75 Å². The zero-order chi connectivity index (χ0) is 12.0. The van der Waals surface area contributed by atoms with E-state index < -0.39 is 6.61 Å². The number of rotatable bonds is 6. The van der Waals surface area contributed by atoms with E-state index in [1.165, 1.54) is 7.11 Å². The molecule has 1 aromatic rings. The van der Waals surface area contributed by atoms with Gasteiger partial charge in [0.15, 0.2) is 11.5 Å². The Morgan fingerprint density at radius 3 is 2.62 bits per heavy atom. The molecule has 0 aliphatic carbocycles. The van der Waals surface area contributed by atoms with Crippen molar-refractivity contribution in [3.05, 3.63) is 23.8 Å². The Bertz CT molecular complexity index is 332. The normalized spacial score (nSPS) is 10.6. The number of nitrogens with two attached hydrogens (primary N) is 1. The van der Waals surface area contributed by atoms with Gasteiger partial charge in [-0.15, -0.1) is 0 Å². The summed E-state index contributed by atoms with van der Waals surface area (Å²) in [5.41, 5.74) is 6.28. The van der Waals surface area contributed by atoms with Gasteiger partial charge in [-0.05, 0) is 37.1 Å². The monoisotopic (exact) mass is 231 g/mol. The SMILES string of the molecule is COc1ccc(CCCN)cc1OC(F)F. The highest BCUT2D eigenvalue weighted by molar-refractivity contribution is 5.43. The third kappa shape index (κ3) is 3.66. The first kappa shape index (κ1) is 12.7. The van der Waals surface area contributed by atoms with E-state index >= 15 is 0 Å². The van der Waals surface area contributed by atoms with Crippen molar-refractivity contribution in [2.24, 2.45) is 5.73 Å². The number of halogens is 2.